The molecule has 23 heavy (non-hydrogen) atoms. The van der Waals surface area contributed by atoms with Gasteiger partial charge < -0.3 is 19.4 Å². The van der Waals surface area contributed by atoms with Gasteiger partial charge in [-0.25, -0.2) is 0 Å². The van der Waals surface area contributed by atoms with Gasteiger partial charge in [0.05, 0.1) is 12.2 Å². The fourth-order valence-electron chi connectivity index (χ4n) is 2.48. The first kappa shape index (κ1) is 15.3. The molecule has 0 fully saturated rings. The number of carbonyl (C=O) groups is 1. The van der Waals surface area contributed by atoms with Crippen molar-refractivity contribution in [2.45, 2.75) is 26.4 Å². The zero-order chi connectivity index (χ0) is 16.6. The maximum atomic E-state index is 12.2. The molecule has 0 aliphatic rings. The monoisotopic (exact) mass is 314 g/mol. The summed E-state index contributed by atoms with van der Waals surface area (Å²) in [6.07, 6.45) is 0. The van der Waals surface area contributed by atoms with Gasteiger partial charge in [0.1, 0.15) is 28.3 Å². The van der Waals surface area contributed by atoms with Crippen molar-refractivity contribution < 1.29 is 18.8 Å². The van der Waals surface area contributed by atoms with E-state index in [0.717, 1.165) is 5.39 Å². The molecular weight excluding hydrogens is 296 g/mol. The van der Waals surface area contributed by atoms with Crippen LogP contribution in [0.5, 0.6) is 0 Å². The van der Waals surface area contributed by atoms with Crippen LogP contribution in [0.15, 0.2) is 39.3 Å². The fraction of sp³-hybridized carbons (Fsp3) is 0.294. The fourth-order valence-corrected chi connectivity index (χ4v) is 2.48. The van der Waals surface area contributed by atoms with Crippen molar-refractivity contribution >= 4 is 16.9 Å². The van der Waals surface area contributed by atoms with Crippen molar-refractivity contribution in [2.75, 3.05) is 6.54 Å². The number of para-hydroxylation sites is 1. The van der Waals surface area contributed by atoms with Crippen molar-refractivity contribution in [3.8, 4) is 0 Å². The Bertz CT molecular complexity index is 808. The Kier molecular flexibility index (Phi) is 3.69. The number of aryl methyl sites for hydroxylation is 2. The summed E-state index contributed by atoms with van der Waals surface area (Å²) >= 11 is 0. The van der Waals surface area contributed by atoms with Crippen LogP contribution in [-0.2, 0) is 5.60 Å². The summed E-state index contributed by atoms with van der Waals surface area (Å²) in [6.45, 7) is 4.98. The number of benzene rings is 1. The molecule has 3 aromatic rings. The predicted octanol–water partition coefficient (Wildman–Crippen LogP) is 2.68. The van der Waals surface area contributed by atoms with Crippen molar-refractivity contribution in [1.29, 1.82) is 0 Å². The van der Waals surface area contributed by atoms with Crippen LogP contribution < -0.4 is 5.32 Å². The molecule has 6 heteroatoms. The first-order chi connectivity index (χ1) is 10.9. The van der Waals surface area contributed by atoms with Gasteiger partial charge in [0.15, 0.2) is 0 Å². The SMILES string of the molecule is Cc1noc(C)c1C(=O)NC[C@@](C)(O)c1cc2ccccc2o1. The van der Waals surface area contributed by atoms with Gasteiger partial charge in [-0.2, -0.15) is 0 Å². The van der Waals surface area contributed by atoms with E-state index in [2.05, 4.69) is 10.5 Å². The molecule has 0 saturated heterocycles. The number of hydrogen-bond acceptors (Lipinski definition) is 5. The number of amides is 1. The van der Waals surface area contributed by atoms with Gasteiger partial charge >= 0.3 is 0 Å². The molecule has 0 bridgehead atoms. The minimum absolute atomic E-state index is 0.00964. The number of carbonyl (C=O) groups excluding carboxylic acids is 1. The lowest BCUT2D eigenvalue weighted by molar-refractivity contribution is 0.0344. The number of aliphatic hydroxyl groups is 1. The summed E-state index contributed by atoms with van der Waals surface area (Å²) in [5.41, 5.74) is 0.279. The van der Waals surface area contributed by atoms with Crippen LogP contribution in [0.1, 0.15) is 34.5 Å². The molecule has 0 unspecified atom stereocenters. The minimum atomic E-state index is -1.33. The molecule has 0 radical (unpaired) electrons. The van der Waals surface area contributed by atoms with E-state index in [-0.39, 0.29) is 12.5 Å². The number of aromatic nitrogens is 1. The quantitative estimate of drug-likeness (QED) is 0.773. The second-order valence-corrected chi connectivity index (χ2v) is 5.80. The highest BCUT2D eigenvalue weighted by Crippen LogP contribution is 2.27. The van der Waals surface area contributed by atoms with Crippen molar-refractivity contribution in [3.63, 3.8) is 0 Å². The average Bonchev–Trinajstić information content (AvgIpc) is 3.09. The second kappa shape index (κ2) is 5.55. The molecule has 1 aromatic carbocycles. The molecule has 120 valence electrons. The van der Waals surface area contributed by atoms with E-state index in [1.165, 1.54) is 0 Å². The highest BCUT2D eigenvalue weighted by atomic mass is 16.5. The average molecular weight is 314 g/mol. The molecule has 0 aliphatic carbocycles. The van der Waals surface area contributed by atoms with E-state index < -0.39 is 5.60 Å². The van der Waals surface area contributed by atoms with E-state index in [9.17, 15) is 9.90 Å². The van der Waals surface area contributed by atoms with Crippen LogP contribution in [0, 0.1) is 13.8 Å². The Labute approximate surface area is 133 Å². The van der Waals surface area contributed by atoms with Crippen LogP contribution in [0.2, 0.25) is 0 Å². The maximum Gasteiger partial charge on any atom is 0.256 e. The van der Waals surface area contributed by atoms with Gasteiger partial charge in [-0.1, -0.05) is 23.4 Å². The summed E-state index contributed by atoms with van der Waals surface area (Å²) < 4.78 is 10.7. The maximum absolute atomic E-state index is 12.2. The molecule has 1 amide bonds. The summed E-state index contributed by atoms with van der Waals surface area (Å²) in [5, 5.41) is 18.0. The zero-order valence-electron chi connectivity index (χ0n) is 13.2. The van der Waals surface area contributed by atoms with Gasteiger partial charge in [-0.3, -0.25) is 4.79 Å². The molecule has 1 atom stereocenters. The lowest BCUT2D eigenvalue weighted by Gasteiger charge is -2.21. The molecule has 6 nitrogen and oxygen atoms in total. The van der Waals surface area contributed by atoms with E-state index in [1.54, 1.807) is 26.8 Å². The first-order valence-electron chi connectivity index (χ1n) is 7.31. The van der Waals surface area contributed by atoms with Gasteiger partial charge in [0.25, 0.3) is 5.91 Å². The standard InChI is InChI=1S/C17H18N2O4/c1-10-15(11(2)23-19-10)16(20)18-9-17(3,21)14-8-12-6-4-5-7-13(12)22-14/h4-8,21H,9H2,1-3H3,(H,18,20)/t17-/m1/s1. The van der Waals surface area contributed by atoms with Crippen LogP contribution in [0.25, 0.3) is 11.0 Å². The van der Waals surface area contributed by atoms with Crippen LogP contribution in [0.3, 0.4) is 0 Å². The van der Waals surface area contributed by atoms with Crippen molar-refractivity contribution in [1.82, 2.24) is 10.5 Å². The number of nitrogens with zero attached hydrogens (tertiary/aromatic N) is 1. The van der Waals surface area contributed by atoms with E-state index >= 15 is 0 Å². The number of furan rings is 1. The van der Waals surface area contributed by atoms with Crippen LogP contribution in [-0.4, -0.2) is 22.7 Å². The first-order valence-corrected chi connectivity index (χ1v) is 7.31. The topological polar surface area (TPSA) is 88.5 Å². The van der Waals surface area contributed by atoms with Crippen molar-refractivity contribution in [3.05, 3.63) is 53.1 Å². The number of fused-ring (bicyclic) bond motifs is 1. The van der Waals surface area contributed by atoms with E-state index in [4.69, 9.17) is 8.94 Å². The Morgan fingerprint density at radius 2 is 2.09 bits per heavy atom. The van der Waals surface area contributed by atoms with Gasteiger partial charge in [0.2, 0.25) is 0 Å². The molecule has 0 aliphatic heterocycles. The third-order valence-electron chi connectivity index (χ3n) is 3.81. The summed E-state index contributed by atoms with van der Waals surface area (Å²) in [6, 6.07) is 9.27. The normalized spacial score (nSPS) is 13.9. The molecular formula is C17H18N2O4. The Hall–Kier alpha value is -2.60. The molecule has 2 N–H and O–H groups in total. The van der Waals surface area contributed by atoms with E-state index in [1.807, 2.05) is 24.3 Å². The summed E-state index contributed by atoms with van der Waals surface area (Å²) in [4.78, 5) is 12.2. The van der Waals surface area contributed by atoms with Gasteiger partial charge in [-0.05, 0) is 32.9 Å². The molecule has 0 spiro atoms. The molecule has 2 aromatic heterocycles. The number of hydrogen-bond donors (Lipinski definition) is 2. The number of nitrogens with one attached hydrogen (secondary N) is 1. The highest BCUT2D eigenvalue weighted by Gasteiger charge is 2.29. The second-order valence-electron chi connectivity index (χ2n) is 5.80. The van der Waals surface area contributed by atoms with Crippen LogP contribution in [0.4, 0.5) is 0 Å². The molecule has 2 heterocycles. The largest absolute Gasteiger partial charge is 0.458 e. The summed E-state index contributed by atoms with van der Waals surface area (Å²) in [7, 11) is 0. The molecule has 0 saturated carbocycles. The molecule has 3 rings (SSSR count). The van der Waals surface area contributed by atoms with Gasteiger partial charge in [-0.15, -0.1) is 0 Å². The lowest BCUT2D eigenvalue weighted by atomic mass is 10.0. The smallest absolute Gasteiger partial charge is 0.256 e. The van der Waals surface area contributed by atoms with Gasteiger partial charge in [0, 0.05) is 5.39 Å². The predicted molar refractivity (Wildman–Crippen MR) is 84.1 cm³/mol. The van der Waals surface area contributed by atoms with Crippen molar-refractivity contribution in [2.24, 2.45) is 0 Å². The Morgan fingerprint density at radius 1 is 1.35 bits per heavy atom. The minimum Gasteiger partial charge on any atom is -0.458 e. The third kappa shape index (κ3) is 2.85. The number of rotatable bonds is 4. The van der Waals surface area contributed by atoms with E-state index in [0.29, 0.717) is 28.4 Å². The highest BCUT2D eigenvalue weighted by molar-refractivity contribution is 5.96. The Morgan fingerprint density at radius 3 is 2.74 bits per heavy atom. The third-order valence-corrected chi connectivity index (χ3v) is 3.81. The zero-order valence-corrected chi connectivity index (χ0v) is 13.2. The lowest BCUT2D eigenvalue weighted by Crippen LogP contribution is -2.38. The Balaban J connectivity index is 1.77. The summed E-state index contributed by atoms with van der Waals surface area (Å²) in [5.74, 6) is 0.513. The van der Waals surface area contributed by atoms with Crippen LogP contribution >= 0.6 is 0 Å².